The van der Waals surface area contributed by atoms with Gasteiger partial charge in [-0.1, -0.05) is 37.3 Å². The average molecular weight is 329 g/mol. The number of hydrogen-bond donors (Lipinski definition) is 1. The highest BCUT2D eigenvalue weighted by Crippen LogP contribution is 2.26. The molecular weight excluding hydrogens is 306 g/mol. The topological polar surface area (TPSA) is 59.2 Å². The number of piperidine rings is 1. The van der Waals surface area contributed by atoms with Crippen molar-refractivity contribution in [2.24, 2.45) is 11.7 Å². The zero-order valence-electron chi connectivity index (χ0n) is 13.4. The maximum absolute atomic E-state index is 12.8. The Morgan fingerprint density at radius 1 is 1.39 bits per heavy atom. The van der Waals surface area contributed by atoms with Gasteiger partial charge in [0.25, 0.3) is 5.91 Å². The number of benzene rings is 1. The van der Waals surface area contributed by atoms with Crippen LogP contribution < -0.4 is 5.73 Å². The second-order valence-electron chi connectivity index (χ2n) is 6.30. The van der Waals surface area contributed by atoms with Crippen molar-refractivity contribution in [1.82, 2.24) is 9.88 Å². The van der Waals surface area contributed by atoms with Crippen LogP contribution in [0.25, 0.3) is 0 Å². The summed E-state index contributed by atoms with van der Waals surface area (Å²) in [4.78, 5) is 19.9. The molecule has 0 spiro atoms. The Kier molecular flexibility index (Phi) is 5.08. The van der Waals surface area contributed by atoms with Crippen molar-refractivity contribution in [3.05, 3.63) is 52.0 Å². The highest BCUT2D eigenvalue weighted by atomic mass is 32.1. The third-order valence-electron chi connectivity index (χ3n) is 4.47. The van der Waals surface area contributed by atoms with Gasteiger partial charge in [0, 0.05) is 25.6 Å². The summed E-state index contributed by atoms with van der Waals surface area (Å²) in [5, 5.41) is 0.981. The maximum atomic E-state index is 12.8. The molecule has 1 aromatic carbocycles. The minimum absolute atomic E-state index is 0.0872. The molecule has 5 heteroatoms. The van der Waals surface area contributed by atoms with Crippen molar-refractivity contribution in [3.8, 4) is 0 Å². The number of hydrogen-bond acceptors (Lipinski definition) is 4. The van der Waals surface area contributed by atoms with Gasteiger partial charge in [-0.2, -0.15) is 0 Å². The van der Waals surface area contributed by atoms with Gasteiger partial charge in [0.1, 0.15) is 4.88 Å². The molecule has 122 valence electrons. The number of likely N-dealkylation sites (tertiary alicyclic amines) is 1. The van der Waals surface area contributed by atoms with Gasteiger partial charge < -0.3 is 10.6 Å². The average Bonchev–Trinajstić information content (AvgIpc) is 3.03. The van der Waals surface area contributed by atoms with Gasteiger partial charge in [0.05, 0.1) is 11.2 Å². The molecule has 4 nitrogen and oxygen atoms in total. The fourth-order valence-corrected chi connectivity index (χ4v) is 4.05. The Labute approximate surface area is 141 Å². The van der Waals surface area contributed by atoms with Crippen molar-refractivity contribution < 1.29 is 4.79 Å². The van der Waals surface area contributed by atoms with Crippen LogP contribution in [0.5, 0.6) is 0 Å². The summed E-state index contributed by atoms with van der Waals surface area (Å²) in [6.45, 7) is 3.56. The SMILES string of the molecule is CC1CCN(C(=O)c2cnc(Cc3ccccc3)s2)C(CN)C1. The number of rotatable bonds is 4. The molecule has 0 bridgehead atoms. The molecule has 2 unspecified atom stereocenters. The summed E-state index contributed by atoms with van der Waals surface area (Å²) in [5.74, 6) is 0.729. The van der Waals surface area contributed by atoms with E-state index < -0.39 is 0 Å². The van der Waals surface area contributed by atoms with Gasteiger partial charge in [0.15, 0.2) is 0 Å². The third-order valence-corrected chi connectivity index (χ3v) is 5.46. The molecule has 3 rings (SSSR count). The van der Waals surface area contributed by atoms with Crippen molar-refractivity contribution >= 4 is 17.2 Å². The summed E-state index contributed by atoms with van der Waals surface area (Å²) < 4.78 is 0. The minimum atomic E-state index is 0.0872. The molecule has 2 atom stereocenters. The molecule has 1 aliphatic heterocycles. The van der Waals surface area contributed by atoms with Crippen LogP contribution in [0.1, 0.15) is 40.0 Å². The maximum Gasteiger partial charge on any atom is 0.265 e. The predicted molar refractivity (Wildman–Crippen MR) is 93.6 cm³/mol. The first-order chi connectivity index (χ1) is 11.2. The van der Waals surface area contributed by atoms with Crippen LogP contribution in [0.4, 0.5) is 0 Å². The molecule has 1 aliphatic rings. The lowest BCUT2D eigenvalue weighted by atomic mass is 9.92. The first kappa shape index (κ1) is 16.1. The fourth-order valence-electron chi connectivity index (χ4n) is 3.15. The van der Waals surface area contributed by atoms with E-state index in [4.69, 9.17) is 5.73 Å². The van der Waals surface area contributed by atoms with Crippen LogP contribution in [-0.4, -0.2) is 34.9 Å². The normalized spacial score (nSPS) is 21.4. The van der Waals surface area contributed by atoms with Crippen molar-refractivity contribution in [2.45, 2.75) is 32.2 Å². The van der Waals surface area contributed by atoms with Gasteiger partial charge >= 0.3 is 0 Å². The third kappa shape index (κ3) is 3.79. The van der Waals surface area contributed by atoms with Gasteiger partial charge in [-0.05, 0) is 24.3 Å². The molecule has 1 amide bonds. The monoisotopic (exact) mass is 329 g/mol. The van der Waals surface area contributed by atoms with E-state index in [0.717, 1.165) is 35.7 Å². The number of thiazole rings is 1. The van der Waals surface area contributed by atoms with Gasteiger partial charge in [-0.3, -0.25) is 4.79 Å². The molecule has 0 radical (unpaired) electrons. The van der Waals surface area contributed by atoms with E-state index in [1.165, 1.54) is 16.9 Å². The smallest absolute Gasteiger partial charge is 0.265 e. The Balaban J connectivity index is 1.70. The molecule has 1 aromatic heterocycles. The standard InChI is InChI=1S/C18H23N3OS/c1-13-7-8-21(15(9-13)11-19)18(22)16-12-20-17(23-16)10-14-5-3-2-4-6-14/h2-6,12-13,15H,7-11,19H2,1H3. The zero-order valence-corrected chi connectivity index (χ0v) is 14.3. The lowest BCUT2D eigenvalue weighted by molar-refractivity contribution is 0.0578. The van der Waals surface area contributed by atoms with Crippen LogP contribution in [0.2, 0.25) is 0 Å². The second kappa shape index (κ2) is 7.23. The van der Waals surface area contributed by atoms with Crippen molar-refractivity contribution in [1.29, 1.82) is 0 Å². The van der Waals surface area contributed by atoms with Crippen LogP contribution in [0, 0.1) is 5.92 Å². The predicted octanol–water partition coefficient (Wildman–Crippen LogP) is 2.93. The molecule has 2 aromatic rings. The Hall–Kier alpha value is -1.72. The van der Waals surface area contributed by atoms with Crippen LogP contribution in [0.15, 0.2) is 36.5 Å². The zero-order chi connectivity index (χ0) is 16.2. The van der Waals surface area contributed by atoms with Crippen molar-refractivity contribution in [3.63, 3.8) is 0 Å². The van der Waals surface area contributed by atoms with E-state index in [0.29, 0.717) is 12.5 Å². The van der Waals surface area contributed by atoms with Gasteiger partial charge in [0.2, 0.25) is 0 Å². The van der Waals surface area contributed by atoms with Crippen LogP contribution in [0.3, 0.4) is 0 Å². The van der Waals surface area contributed by atoms with Crippen LogP contribution >= 0.6 is 11.3 Å². The van der Waals surface area contributed by atoms with E-state index in [1.807, 2.05) is 23.1 Å². The summed E-state index contributed by atoms with van der Waals surface area (Å²) in [6.07, 6.45) is 4.54. The van der Waals surface area contributed by atoms with Crippen molar-refractivity contribution in [2.75, 3.05) is 13.1 Å². The second-order valence-corrected chi connectivity index (χ2v) is 7.41. The molecule has 1 saturated heterocycles. The highest BCUT2D eigenvalue weighted by molar-refractivity contribution is 7.13. The molecule has 1 fully saturated rings. The molecule has 0 aliphatic carbocycles. The van der Waals surface area contributed by atoms with E-state index in [-0.39, 0.29) is 11.9 Å². The molecule has 2 heterocycles. The molecule has 2 N–H and O–H groups in total. The number of aromatic nitrogens is 1. The van der Waals surface area contributed by atoms with Crippen LogP contribution in [-0.2, 0) is 6.42 Å². The first-order valence-corrected chi connectivity index (χ1v) is 8.98. The van der Waals surface area contributed by atoms with Gasteiger partial charge in [-0.25, -0.2) is 4.98 Å². The molecule has 23 heavy (non-hydrogen) atoms. The lowest BCUT2D eigenvalue weighted by Crippen LogP contribution is -2.49. The largest absolute Gasteiger partial charge is 0.334 e. The van der Waals surface area contributed by atoms with E-state index in [9.17, 15) is 4.79 Å². The lowest BCUT2D eigenvalue weighted by Gasteiger charge is -2.37. The van der Waals surface area contributed by atoms with E-state index >= 15 is 0 Å². The van der Waals surface area contributed by atoms with E-state index in [1.54, 1.807) is 6.20 Å². The summed E-state index contributed by atoms with van der Waals surface area (Å²) in [7, 11) is 0. The highest BCUT2D eigenvalue weighted by Gasteiger charge is 2.30. The molecule has 0 saturated carbocycles. The summed E-state index contributed by atoms with van der Waals surface area (Å²) >= 11 is 1.50. The quantitative estimate of drug-likeness (QED) is 0.938. The Bertz CT molecular complexity index is 655. The van der Waals surface area contributed by atoms with E-state index in [2.05, 4.69) is 24.0 Å². The number of nitrogens with two attached hydrogens (primary N) is 1. The summed E-state index contributed by atoms with van der Waals surface area (Å²) in [5.41, 5.74) is 7.09. The number of nitrogens with zero attached hydrogens (tertiary/aromatic N) is 2. The minimum Gasteiger partial charge on any atom is -0.334 e. The first-order valence-electron chi connectivity index (χ1n) is 8.17. The number of carbonyl (C=O) groups excluding carboxylic acids is 1. The summed E-state index contributed by atoms with van der Waals surface area (Å²) in [6, 6.07) is 10.4. The number of amides is 1. The Morgan fingerprint density at radius 3 is 2.91 bits per heavy atom. The Morgan fingerprint density at radius 2 is 2.17 bits per heavy atom. The molecular formula is C18H23N3OS. The fraction of sp³-hybridized carbons (Fsp3) is 0.444. The van der Waals surface area contributed by atoms with Gasteiger partial charge in [-0.15, -0.1) is 11.3 Å². The number of carbonyl (C=O) groups is 1.